The van der Waals surface area contributed by atoms with Crippen LogP contribution in [0.25, 0.3) is 0 Å². The van der Waals surface area contributed by atoms with Gasteiger partial charge in [-0.25, -0.2) is 4.39 Å². The van der Waals surface area contributed by atoms with Crippen molar-refractivity contribution in [1.29, 1.82) is 0 Å². The van der Waals surface area contributed by atoms with Gasteiger partial charge in [0, 0.05) is 5.56 Å². The van der Waals surface area contributed by atoms with Crippen LogP contribution in [0, 0.1) is 17.7 Å². The Morgan fingerprint density at radius 3 is 2.52 bits per heavy atom. The Labute approximate surface area is 141 Å². The van der Waals surface area contributed by atoms with E-state index in [1.807, 2.05) is 0 Å². The lowest BCUT2D eigenvalue weighted by molar-refractivity contribution is -0.137. The monoisotopic (exact) mass is 351 g/mol. The number of amides is 1. The first kappa shape index (κ1) is 18.3. The maximum atomic E-state index is 12.7. The highest BCUT2D eigenvalue weighted by Gasteiger charge is 2.30. The lowest BCUT2D eigenvalue weighted by atomic mass is 10.1. The van der Waals surface area contributed by atoms with Gasteiger partial charge >= 0.3 is 6.18 Å². The van der Waals surface area contributed by atoms with E-state index in [1.54, 1.807) is 0 Å². The van der Waals surface area contributed by atoms with Crippen molar-refractivity contribution in [2.75, 3.05) is 13.2 Å². The van der Waals surface area contributed by atoms with Crippen LogP contribution < -0.4 is 10.1 Å². The number of ether oxygens (including phenoxy) is 1. The molecule has 3 nitrogen and oxygen atoms in total. The number of nitrogens with one attached hydrogen (secondary N) is 1. The number of carbonyl (C=O) groups excluding carboxylic acids is 1. The third-order valence-corrected chi connectivity index (χ3v) is 2.98. The van der Waals surface area contributed by atoms with E-state index in [1.165, 1.54) is 36.4 Å². The molecule has 0 aromatic heterocycles. The van der Waals surface area contributed by atoms with E-state index < -0.39 is 23.5 Å². The Kier molecular flexibility index (Phi) is 6.01. The SMILES string of the molecule is O=C(COc1ccc(F)cc1)NCC#Cc1cccc(C(F)(F)F)c1. The Balaban J connectivity index is 1.80. The molecule has 2 aromatic carbocycles. The largest absolute Gasteiger partial charge is 0.484 e. The molecular weight excluding hydrogens is 338 g/mol. The van der Waals surface area contributed by atoms with Gasteiger partial charge in [0.2, 0.25) is 0 Å². The van der Waals surface area contributed by atoms with E-state index >= 15 is 0 Å². The predicted molar refractivity (Wildman–Crippen MR) is 83.2 cm³/mol. The second kappa shape index (κ2) is 8.20. The van der Waals surface area contributed by atoms with Gasteiger partial charge in [0.15, 0.2) is 6.61 Å². The molecule has 0 heterocycles. The molecule has 0 saturated carbocycles. The highest BCUT2D eigenvalue weighted by Crippen LogP contribution is 2.29. The molecule has 0 aliphatic rings. The summed E-state index contributed by atoms with van der Waals surface area (Å²) in [5.74, 6) is 4.58. The van der Waals surface area contributed by atoms with Crippen molar-refractivity contribution in [1.82, 2.24) is 5.32 Å². The standard InChI is InChI=1S/C18H13F4NO2/c19-15-6-8-16(9-7-15)25-12-17(24)23-10-2-4-13-3-1-5-14(11-13)18(20,21)22/h1,3,5-9,11H,10,12H2,(H,23,24). The van der Waals surface area contributed by atoms with Crippen LogP contribution in [0.5, 0.6) is 5.75 Å². The molecule has 2 aromatic rings. The Morgan fingerprint density at radius 2 is 1.84 bits per heavy atom. The van der Waals surface area contributed by atoms with Crippen molar-refractivity contribution >= 4 is 5.91 Å². The summed E-state index contributed by atoms with van der Waals surface area (Å²) in [4.78, 5) is 11.6. The van der Waals surface area contributed by atoms with Crippen molar-refractivity contribution in [2.45, 2.75) is 6.18 Å². The molecule has 0 unspecified atom stereocenters. The minimum absolute atomic E-state index is 0.0398. The van der Waals surface area contributed by atoms with Gasteiger partial charge in [-0.1, -0.05) is 17.9 Å². The summed E-state index contributed by atoms with van der Waals surface area (Å²) in [5, 5.41) is 2.45. The van der Waals surface area contributed by atoms with Gasteiger partial charge in [-0.05, 0) is 42.5 Å². The zero-order valence-electron chi connectivity index (χ0n) is 12.9. The van der Waals surface area contributed by atoms with Gasteiger partial charge < -0.3 is 10.1 Å². The second-order valence-electron chi connectivity index (χ2n) is 4.90. The molecule has 1 amide bonds. The van der Waals surface area contributed by atoms with Crippen LogP contribution in [0.15, 0.2) is 48.5 Å². The van der Waals surface area contributed by atoms with E-state index in [4.69, 9.17) is 4.74 Å². The number of carbonyl (C=O) groups is 1. The smallest absolute Gasteiger partial charge is 0.416 e. The minimum atomic E-state index is -4.43. The van der Waals surface area contributed by atoms with Crippen molar-refractivity contribution in [3.05, 3.63) is 65.5 Å². The summed E-state index contributed by atoms with van der Waals surface area (Å²) in [5.41, 5.74) is -0.581. The number of halogens is 4. The zero-order chi connectivity index (χ0) is 18.3. The van der Waals surface area contributed by atoms with E-state index in [9.17, 15) is 22.4 Å². The van der Waals surface area contributed by atoms with Gasteiger partial charge in [0.1, 0.15) is 11.6 Å². The fraction of sp³-hybridized carbons (Fsp3) is 0.167. The Hall–Kier alpha value is -3.01. The van der Waals surface area contributed by atoms with Crippen molar-refractivity contribution in [3.63, 3.8) is 0 Å². The molecule has 25 heavy (non-hydrogen) atoms. The van der Waals surface area contributed by atoms with Gasteiger partial charge in [0.25, 0.3) is 5.91 Å². The molecule has 0 aliphatic heterocycles. The maximum Gasteiger partial charge on any atom is 0.416 e. The Bertz CT molecular complexity index is 789. The summed E-state index contributed by atoms with van der Waals surface area (Å²) in [7, 11) is 0. The molecule has 7 heteroatoms. The van der Waals surface area contributed by atoms with E-state index in [-0.39, 0.29) is 18.7 Å². The van der Waals surface area contributed by atoms with Crippen LogP contribution >= 0.6 is 0 Å². The predicted octanol–water partition coefficient (Wildman–Crippen LogP) is 3.39. The van der Waals surface area contributed by atoms with E-state index in [0.717, 1.165) is 12.1 Å². The zero-order valence-corrected chi connectivity index (χ0v) is 12.9. The fourth-order valence-corrected chi connectivity index (χ4v) is 1.79. The van der Waals surface area contributed by atoms with Crippen molar-refractivity contribution < 1.29 is 27.1 Å². The molecule has 2 rings (SSSR count). The molecule has 0 saturated heterocycles. The first-order valence-corrected chi connectivity index (χ1v) is 7.16. The van der Waals surface area contributed by atoms with Gasteiger partial charge in [0.05, 0.1) is 12.1 Å². The summed E-state index contributed by atoms with van der Waals surface area (Å²) < 4.78 is 55.6. The molecule has 130 valence electrons. The van der Waals surface area contributed by atoms with Crippen LogP contribution in [0.2, 0.25) is 0 Å². The summed E-state index contributed by atoms with van der Waals surface area (Å²) in [6, 6.07) is 9.78. The first-order chi connectivity index (χ1) is 11.8. The van der Waals surface area contributed by atoms with E-state index in [0.29, 0.717) is 5.75 Å². The molecule has 0 aliphatic carbocycles. The minimum Gasteiger partial charge on any atom is -0.484 e. The third kappa shape index (κ3) is 6.18. The molecule has 1 N–H and O–H groups in total. The van der Waals surface area contributed by atoms with Crippen LogP contribution in [-0.2, 0) is 11.0 Å². The molecule has 0 bridgehead atoms. The lowest BCUT2D eigenvalue weighted by Gasteiger charge is -2.06. The topological polar surface area (TPSA) is 38.3 Å². The summed E-state index contributed by atoms with van der Waals surface area (Å²) >= 11 is 0. The van der Waals surface area contributed by atoms with Crippen LogP contribution in [0.4, 0.5) is 17.6 Å². The average Bonchev–Trinajstić information content (AvgIpc) is 2.58. The quantitative estimate of drug-likeness (QED) is 0.677. The maximum absolute atomic E-state index is 12.7. The van der Waals surface area contributed by atoms with Gasteiger partial charge in [-0.3, -0.25) is 4.79 Å². The molecule has 0 radical (unpaired) electrons. The first-order valence-electron chi connectivity index (χ1n) is 7.16. The summed E-state index contributed by atoms with van der Waals surface area (Å²) in [6.45, 7) is -0.321. The normalized spacial score (nSPS) is 10.6. The Morgan fingerprint density at radius 1 is 1.12 bits per heavy atom. The lowest BCUT2D eigenvalue weighted by Crippen LogP contribution is -2.29. The number of hydrogen-bond donors (Lipinski definition) is 1. The number of alkyl halides is 3. The molecular formula is C18H13F4NO2. The number of hydrogen-bond acceptors (Lipinski definition) is 2. The average molecular weight is 351 g/mol. The molecule has 0 fully saturated rings. The molecule has 0 spiro atoms. The highest BCUT2D eigenvalue weighted by atomic mass is 19.4. The number of benzene rings is 2. The van der Waals surface area contributed by atoms with Gasteiger partial charge in [-0.15, -0.1) is 0 Å². The third-order valence-electron chi connectivity index (χ3n) is 2.98. The van der Waals surface area contributed by atoms with E-state index in [2.05, 4.69) is 17.2 Å². The summed E-state index contributed by atoms with van der Waals surface area (Å²) in [6.07, 6.45) is -4.43. The highest BCUT2D eigenvalue weighted by molar-refractivity contribution is 5.77. The fourth-order valence-electron chi connectivity index (χ4n) is 1.79. The van der Waals surface area contributed by atoms with Crippen LogP contribution in [0.3, 0.4) is 0 Å². The second-order valence-corrected chi connectivity index (χ2v) is 4.90. The van der Waals surface area contributed by atoms with Gasteiger partial charge in [-0.2, -0.15) is 13.2 Å². The van der Waals surface area contributed by atoms with Crippen LogP contribution in [0.1, 0.15) is 11.1 Å². The van der Waals surface area contributed by atoms with Crippen molar-refractivity contribution in [3.8, 4) is 17.6 Å². The van der Waals surface area contributed by atoms with Crippen molar-refractivity contribution in [2.24, 2.45) is 0 Å². The number of rotatable bonds is 4. The molecule has 0 atom stereocenters. The van der Waals surface area contributed by atoms with Crippen LogP contribution in [-0.4, -0.2) is 19.1 Å².